The maximum Gasteiger partial charge on any atom is 0.0740 e. The third kappa shape index (κ3) is 2.36. The van der Waals surface area contributed by atoms with Gasteiger partial charge in [-0.1, -0.05) is 60.7 Å². The Morgan fingerprint density at radius 1 is 0.905 bits per heavy atom. The summed E-state index contributed by atoms with van der Waals surface area (Å²) in [5, 5.41) is 2.45. The Bertz CT molecular complexity index is 826. The van der Waals surface area contributed by atoms with E-state index in [0.29, 0.717) is 0 Å². The number of pyridine rings is 1. The number of hydrogen-bond acceptors (Lipinski definition) is 1. The molecule has 3 aromatic rings. The molecular weight excluding hydrogens is 254 g/mol. The molecular formula is C20H19N. The average Bonchev–Trinajstić information content (AvgIpc) is 2.48. The van der Waals surface area contributed by atoms with Crippen LogP contribution in [0.5, 0.6) is 0 Å². The van der Waals surface area contributed by atoms with Crippen LogP contribution in [0.2, 0.25) is 0 Å². The third-order valence-electron chi connectivity index (χ3n) is 3.85. The molecule has 3 rings (SSSR count). The topological polar surface area (TPSA) is 12.9 Å². The van der Waals surface area contributed by atoms with E-state index in [0.717, 1.165) is 17.0 Å². The largest absolute Gasteiger partial charge is 0.252 e. The Morgan fingerprint density at radius 3 is 2.14 bits per heavy atom. The van der Waals surface area contributed by atoms with Gasteiger partial charge in [0.25, 0.3) is 0 Å². The van der Waals surface area contributed by atoms with Gasteiger partial charge in [-0.25, -0.2) is 0 Å². The van der Waals surface area contributed by atoms with E-state index < -0.39 is 0 Å². The number of nitrogens with zero attached hydrogens (tertiary/aromatic N) is 1. The van der Waals surface area contributed by atoms with Crippen LogP contribution in [0.15, 0.2) is 55.1 Å². The number of aromatic nitrogens is 1. The first-order valence-electron chi connectivity index (χ1n) is 7.20. The van der Waals surface area contributed by atoms with E-state index in [-0.39, 0.29) is 0 Å². The van der Waals surface area contributed by atoms with Crippen LogP contribution >= 0.6 is 0 Å². The predicted octanol–water partition coefficient (Wildman–Crippen LogP) is 5.55. The fourth-order valence-corrected chi connectivity index (χ4v) is 2.75. The molecule has 1 nitrogen and oxygen atoms in total. The zero-order chi connectivity index (χ0) is 15.0. The number of benzene rings is 2. The number of hydrogen-bond donors (Lipinski definition) is 0. The summed E-state index contributed by atoms with van der Waals surface area (Å²) >= 11 is 0. The molecule has 0 bridgehead atoms. The van der Waals surface area contributed by atoms with Crippen molar-refractivity contribution in [1.29, 1.82) is 0 Å². The molecule has 1 heteroatoms. The van der Waals surface area contributed by atoms with Crippen molar-refractivity contribution in [3.05, 3.63) is 72.1 Å². The lowest BCUT2D eigenvalue weighted by Gasteiger charge is -2.15. The maximum atomic E-state index is 4.80. The number of fused-ring (bicyclic) bond motifs is 1. The second kappa shape index (κ2) is 5.17. The van der Waals surface area contributed by atoms with Crippen molar-refractivity contribution in [3.8, 4) is 11.1 Å². The normalized spacial score (nSPS) is 10.8. The quantitative estimate of drug-likeness (QED) is 0.596. The summed E-state index contributed by atoms with van der Waals surface area (Å²) < 4.78 is 0. The van der Waals surface area contributed by atoms with E-state index in [1.54, 1.807) is 0 Å². The molecule has 2 aromatic carbocycles. The van der Waals surface area contributed by atoms with Crippen LogP contribution in [0.3, 0.4) is 0 Å². The maximum absolute atomic E-state index is 4.80. The van der Waals surface area contributed by atoms with Gasteiger partial charge in [0.15, 0.2) is 0 Å². The lowest BCUT2D eigenvalue weighted by atomic mass is 9.93. The first kappa shape index (κ1) is 13.6. The van der Waals surface area contributed by atoms with Gasteiger partial charge >= 0.3 is 0 Å². The Kier molecular flexibility index (Phi) is 3.34. The molecule has 1 aromatic heterocycles. The van der Waals surface area contributed by atoms with Crippen molar-refractivity contribution in [3.63, 3.8) is 0 Å². The summed E-state index contributed by atoms with van der Waals surface area (Å²) in [6, 6.07) is 17.1. The molecule has 0 N–H and O–H groups in total. The van der Waals surface area contributed by atoms with E-state index in [4.69, 9.17) is 4.98 Å². The molecule has 0 saturated carbocycles. The fraction of sp³-hybridized carbons (Fsp3) is 0.150. The van der Waals surface area contributed by atoms with Crippen molar-refractivity contribution >= 4 is 16.3 Å². The number of aryl methyl sites for hydroxylation is 2. The van der Waals surface area contributed by atoms with Gasteiger partial charge in [0.2, 0.25) is 0 Å². The molecule has 0 saturated heterocycles. The molecule has 21 heavy (non-hydrogen) atoms. The molecule has 0 fully saturated rings. The summed E-state index contributed by atoms with van der Waals surface area (Å²) in [6.07, 6.45) is 0. The molecule has 0 unspecified atom stereocenters. The zero-order valence-electron chi connectivity index (χ0n) is 12.8. The SMILES string of the molecule is C=C(C)c1nc(C)c2ccccc2c1-c1ccc(C)cc1. The van der Waals surface area contributed by atoms with Crippen LogP contribution in [-0.4, -0.2) is 4.98 Å². The smallest absolute Gasteiger partial charge is 0.0740 e. The van der Waals surface area contributed by atoms with Crippen molar-refractivity contribution in [2.45, 2.75) is 20.8 Å². The summed E-state index contributed by atoms with van der Waals surface area (Å²) in [7, 11) is 0. The van der Waals surface area contributed by atoms with Crippen molar-refractivity contribution < 1.29 is 0 Å². The zero-order valence-corrected chi connectivity index (χ0v) is 12.8. The highest BCUT2D eigenvalue weighted by Crippen LogP contribution is 2.35. The van der Waals surface area contributed by atoms with Crippen molar-refractivity contribution in [2.75, 3.05) is 0 Å². The van der Waals surface area contributed by atoms with Crippen LogP contribution in [-0.2, 0) is 0 Å². The Morgan fingerprint density at radius 2 is 1.52 bits per heavy atom. The third-order valence-corrected chi connectivity index (χ3v) is 3.85. The highest BCUT2D eigenvalue weighted by molar-refractivity contribution is 6.01. The first-order chi connectivity index (χ1) is 10.1. The lowest BCUT2D eigenvalue weighted by Crippen LogP contribution is -1.97. The van der Waals surface area contributed by atoms with Crippen LogP contribution in [0.25, 0.3) is 27.5 Å². The van der Waals surface area contributed by atoms with Gasteiger partial charge in [-0.2, -0.15) is 0 Å². The van der Waals surface area contributed by atoms with Gasteiger partial charge in [0.05, 0.1) is 5.69 Å². The van der Waals surface area contributed by atoms with Gasteiger partial charge in [-0.3, -0.25) is 4.98 Å². The molecule has 0 amide bonds. The molecule has 0 aliphatic carbocycles. The Balaban J connectivity index is 2.43. The molecule has 0 radical (unpaired) electrons. The van der Waals surface area contributed by atoms with Crippen LogP contribution in [0.1, 0.15) is 23.9 Å². The van der Waals surface area contributed by atoms with Gasteiger partial charge in [-0.05, 0) is 37.3 Å². The van der Waals surface area contributed by atoms with Crippen molar-refractivity contribution in [1.82, 2.24) is 4.98 Å². The van der Waals surface area contributed by atoms with Crippen LogP contribution < -0.4 is 0 Å². The van der Waals surface area contributed by atoms with Gasteiger partial charge in [-0.15, -0.1) is 0 Å². The van der Waals surface area contributed by atoms with E-state index >= 15 is 0 Å². The van der Waals surface area contributed by atoms with Crippen LogP contribution in [0, 0.1) is 13.8 Å². The lowest BCUT2D eigenvalue weighted by molar-refractivity contribution is 1.20. The van der Waals surface area contributed by atoms with E-state index in [2.05, 4.69) is 69.0 Å². The minimum Gasteiger partial charge on any atom is -0.252 e. The highest BCUT2D eigenvalue weighted by atomic mass is 14.7. The van der Waals surface area contributed by atoms with Crippen molar-refractivity contribution in [2.24, 2.45) is 0 Å². The van der Waals surface area contributed by atoms with E-state index in [1.165, 1.54) is 27.5 Å². The summed E-state index contributed by atoms with van der Waals surface area (Å²) in [5.74, 6) is 0. The Labute approximate surface area is 126 Å². The highest BCUT2D eigenvalue weighted by Gasteiger charge is 2.13. The molecule has 1 heterocycles. The van der Waals surface area contributed by atoms with Crippen LogP contribution in [0.4, 0.5) is 0 Å². The molecule has 0 spiro atoms. The molecule has 0 aliphatic heterocycles. The number of rotatable bonds is 2. The summed E-state index contributed by atoms with van der Waals surface area (Å²) in [5.41, 5.74) is 6.69. The second-order valence-electron chi connectivity index (χ2n) is 5.61. The summed E-state index contributed by atoms with van der Waals surface area (Å²) in [4.78, 5) is 4.80. The minimum atomic E-state index is 0.995. The van der Waals surface area contributed by atoms with E-state index in [9.17, 15) is 0 Å². The monoisotopic (exact) mass is 273 g/mol. The minimum absolute atomic E-state index is 0.995. The molecule has 0 aliphatic rings. The van der Waals surface area contributed by atoms with Gasteiger partial charge in [0, 0.05) is 16.6 Å². The first-order valence-corrected chi connectivity index (χ1v) is 7.20. The molecule has 0 atom stereocenters. The second-order valence-corrected chi connectivity index (χ2v) is 5.61. The van der Waals surface area contributed by atoms with Gasteiger partial charge in [0.1, 0.15) is 0 Å². The Hall–Kier alpha value is -2.41. The van der Waals surface area contributed by atoms with Gasteiger partial charge < -0.3 is 0 Å². The number of allylic oxidation sites excluding steroid dienone is 1. The molecule has 104 valence electrons. The fourth-order valence-electron chi connectivity index (χ4n) is 2.75. The predicted molar refractivity (Wildman–Crippen MR) is 91.4 cm³/mol. The van der Waals surface area contributed by atoms with E-state index in [1.807, 2.05) is 6.92 Å². The summed E-state index contributed by atoms with van der Waals surface area (Å²) in [6.45, 7) is 10.3. The standard InChI is InChI=1S/C20H19N/c1-13(2)20-19(16-11-9-14(3)10-12-16)18-8-6-5-7-17(18)15(4)21-20/h5-12H,1H2,2-4H3. The average molecular weight is 273 g/mol.